The van der Waals surface area contributed by atoms with E-state index in [4.69, 9.17) is 65.8 Å². The largest absolute Gasteiger partial charge is 0.497 e. The van der Waals surface area contributed by atoms with Crippen molar-refractivity contribution in [2.75, 3.05) is 70.9 Å². The average Bonchev–Trinajstić information content (AvgIpc) is 1.28. The number of piperidine rings is 2. The van der Waals surface area contributed by atoms with Gasteiger partial charge in [-0.05, 0) is 117 Å². The molecule has 8 aromatic rings. The van der Waals surface area contributed by atoms with Crippen LogP contribution in [0.25, 0.3) is 21.4 Å². The van der Waals surface area contributed by atoms with Crippen LogP contribution in [0, 0.1) is 38.0 Å². The van der Waals surface area contributed by atoms with Crippen LogP contribution in [-0.4, -0.2) is 151 Å². The average molecular weight is 1340 g/mol. The highest BCUT2D eigenvalue weighted by Crippen LogP contribution is 2.40. The van der Waals surface area contributed by atoms with Crippen LogP contribution in [0.4, 0.5) is 37.5 Å². The molecule has 29 heteroatoms. The van der Waals surface area contributed by atoms with Crippen molar-refractivity contribution in [1.29, 1.82) is 0 Å². The molecular weight excluding hydrogens is 1250 g/mol. The van der Waals surface area contributed by atoms with Gasteiger partial charge in [-0.1, -0.05) is 0 Å². The topological polar surface area (TPSA) is 315 Å². The van der Waals surface area contributed by atoms with Gasteiger partial charge in [0.1, 0.15) is 57.3 Å². The predicted octanol–water partition coefficient (Wildman–Crippen LogP) is 10.2. The Hall–Kier alpha value is -10.1. The Morgan fingerprint density at radius 3 is 1.78 bits per heavy atom. The van der Waals surface area contributed by atoms with Gasteiger partial charge in [0.15, 0.2) is 11.5 Å². The maximum absolute atomic E-state index is 14.8. The fourth-order valence-electron chi connectivity index (χ4n) is 11.3. The van der Waals surface area contributed by atoms with E-state index in [9.17, 15) is 23.8 Å². The Morgan fingerprint density at radius 2 is 1.25 bits per heavy atom. The van der Waals surface area contributed by atoms with Gasteiger partial charge in [0.05, 0.1) is 120 Å². The van der Waals surface area contributed by atoms with Crippen LogP contribution in [-0.2, 0) is 35.8 Å². The van der Waals surface area contributed by atoms with Gasteiger partial charge in [-0.2, -0.15) is 19.7 Å². The molecule has 97 heavy (non-hydrogen) atoms. The van der Waals surface area contributed by atoms with Gasteiger partial charge in [0, 0.05) is 92.3 Å². The van der Waals surface area contributed by atoms with E-state index in [1.54, 1.807) is 82.1 Å². The van der Waals surface area contributed by atoms with Gasteiger partial charge in [0.25, 0.3) is 5.97 Å². The second kappa shape index (κ2) is 33.0. The number of aliphatic imine (C=N–C) groups is 2. The van der Waals surface area contributed by atoms with Gasteiger partial charge < -0.3 is 58.9 Å². The molecule has 4 unspecified atom stereocenters. The number of benzene rings is 4. The van der Waals surface area contributed by atoms with Crippen molar-refractivity contribution in [3.63, 3.8) is 0 Å². The number of carboxylic acid groups (broad SMARTS) is 1. The van der Waals surface area contributed by atoms with Crippen molar-refractivity contribution in [3.05, 3.63) is 124 Å². The number of methoxy groups -OCH3 is 6. The quantitative estimate of drug-likeness (QED) is 0.0136. The zero-order chi connectivity index (χ0) is 71.1. The number of aliphatic carboxylic acids is 1. The maximum Gasteiger partial charge on any atom is 0.300 e. The Bertz CT molecular complexity index is 4150. The number of rotatable bonds is 20. The summed E-state index contributed by atoms with van der Waals surface area (Å²) < 4.78 is 65.4. The summed E-state index contributed by atoms with van der Waals surface area (Å²) in [5.41, 5.74) is 7.31. The van der Waals surface area contributed by atoms with Crippen LogP contribution >= 0.6 is 0 Å². The molecule has 2 fully saturated rings. The highest BCUT2D eigenvalue weighted by Gasteiger charge is 2.34. The number of carbonyl (C=O) groups excluding carboxylic acids is 1. The molecule has 1 amide bonds. The van der Waals surface area contributed by atoms with Crippen molar-refractivity contribution in [2.24, 2.45) is 21.7 Å². The van der Waals surface area contributed by atoms with Gasteiger partial charge in [-0.15, -0.1) is 5.10 Å². The van der Waals surface area contributed by atoms with Crippen LogP contribution in [0.5, 0.6) is 34.5 Å². The first-order chi connectivity index (χ1) is 46.0. The summed E-state index contributed by atoms with van der Waals surface area (Å²) in [5.74, 6) is 7.43. The van der Waals surface area contributed by atoms with Gasteiger partial charge >= 0.3 is 0 Å². The number of hydrazine groups is 1. The number of carbonyl (C=O) groups is 2. The highest BCUT2D eigenvalue weighted by molar-refractivity contribution is 5.96. The number of hydrogen-bond acceptors (Lipinski definition) is 21. The van der Waals surface area contributed by atoms with Gasteiger partial charge in [0.2, 0.25) is 17.5 Å². The number of amides is 1. The summed E-state index contributed by atoms with van der Waals surface area (Å²) in [5, 5.41) is 45.7. The third kappa shape index (κ3) is 19.5. The molecule has 520 valence electrons. The number of nitrogens with one attached hydrogen (secondary N) is 2. The molecule has 2 aliphatic rings. The molecule has 4 atom stereocenters. The van der Waals surface area contributed by atoms with Crippen LogP contribution in [0.1, 0.15) is 108 Å². The molecule has 0 spiro atoms. The van der Waals surface area contributed by atoms with E-state index in [-0.39, 0.29) is 47.5 Å². The Kier molecular flexibility index (Phi) is 25.3. The summed E-state index contributed by atoms with van der Waals surface area (Å²) in [6.45, 7) is 26.4. The van der Waals surface area contributed by atoms with E-state index in [2.05, 4.69) is 65.4 Å². The van der Waals surface area contributed by atoms with Crippen molar-refractivity contribution in [2.45, 2.75) is 143 Å². The van der Waals surface area contributed by atoms with E-state index in [1.165, 1.54) is 26.4 Å². The number of fused-ring (bicyclic) bond motifs is 3. The summed E-state index contributed by atoms with van der Waals surface area (Å²) in [7, 11) is 9.22. The third-order valence-electron chi connectivity index (χ3n) is 16.0. The SMILES string of the molecule is CC(=O)O.COc1ccc(CNc2nc3c(OC)cc(F)cc3c3nc(C4CCC(C)N(c5cn(CC(C)(C)O)nc5C)C4)nn23)c(OC)c1.Cc1nn(CC(C)(C)O)cc1N1CC(C(=O)NN)CCC1C.[C-]#[N+]c1cc(F)cc(OC)c1N=C=NCc1ccc(OC)cc1OC. The molecule has 0 radical (unpaired) electrons. The van der Waals surface area contributed by atoms with E-state index >= 15 is 0 Å². The predicted molar refractivity (Wildman–Crippen MR) is 364 cm³/mol. The Labute approximate surface area is 562 Å². The van der Waals surface area contributed by atoms with Crippen molar-refractivity contribution < 1.29 is 62.1 Å². The number of halogens is 2. The number of carboxylic acids is 1. The van der Waals surface area contributed by atoms with Crippen molar-refractivity contribution in [3.8, 4) is 34.5 Å². The minimum absolute atomic E-state index is 0.00756. The Morgan fingerprint density at radius 1 is 0.722 bits per heavy atom. The van der Waals surface area contributed by atoms with Gasteiger partial charge in [-0.25, -0.2) is 34.4 Å². The molecule has 27 nitrogen and oxygen atoms in total. The number of anilines is 3. The van der Waals surface area contributed by atoms with E-state index < -0.39 is 28.8 Å². The molecule has 4 aromatic heterocycles. The minimum Gasteiger partial charge on any atom is -0.497 e. The molecule has 10 rings (SSSR count). The lowest BCUT2D eigenvalue weighted by Gasteiger charge is -2.38. The second-order valence-electron chi connectivity index (χ2n) is 24.8. The molecule has 4 aromatic carbocycles. The van der Waals surface area contributed by atoms with Crippen molar-refractivity contribution in [1.82, 2.24) is 44.6 Å². The first-order valence-corrected chi connectivity index (χ1v) is 31.3. The minimum atomic E-state index is -0.880. The molecule has 0 saturated carbocycles. The molecule has 2 saturated heterocycles. The lowest BCUT2D eigenvalue weighted by Crippen LogP contribution is -2.48. The fourth-order valence-corrected chi connectivity index (χ4v) is 11.3. The molecule has 2 aliphatic heterocycles. The molecule has 0 bridgehead atoms. The number of nitrogens with zero attached hydrogens (tertiary/aromatic N) is 13. The molecular formula is C68H88F2N16O11. The first kappa shape index (κ1) is 74.3. The summed E-state index contributed by atoms with van der Waals surface area (Å²) in [4.78, 5) is 46.6. The lowest BCUT2D eigenvalue weighted by atomic mass is 9.92. The third-order valence-corrected chi connectivity index (χ3v) is 16.0. The first-order valence-electron chi connectivity index (χ1n) is 31.3. The summed E-state index contributed by atoms with van der Waals surface area (Å²) in [6, 6.07) is 19.1. The monoisotopic (exact) mass is 1340 g/mol. The van der Waals surface area contributed by atoms with Crippen molar-refractivity contribution >= 4 is 63.1 Å². The maximum atomic E-state index is 14.8. The normalized spacial score (nSPS) is 16.0. The van der Waals surface area contributed by atoms with E-state index in [0.29, 0.717) is 95.8 Å². The summed E-state index contributed by atoms with van der Waals surface area (Å²) in [6.07, 6.45) is 7.56. The number of ether oxygens (including phenoxy) is 6. The van der Waals surface area contributed by atoms with E-state index in [0.717, 1.165) is 78.6 Å². The number of aryl methyl sites for hydroxylation is 2. The fraction of sp³-hybridized carbons (Fsp3) is 0.456. The van der Waals surface area contributed by atoms with Crippen LogP contribution in [0.15, 0.2) is 83.0 Å². The zero-order valence-corrected chi connectivity index (χ0v) is 57.6. The van der Waals surface area contributed by atoms with E-state index in [1.807, 2.05) is 50.5 Å². The van der Waals surface area contributed by atoms with Gasteiger partial charge in [-0.3, -0.25) is 24.4 Å². The number of hydrogen-bond donors (Lipinski definition) is 6. The van der Waals surface area contributed by atoms with Crippen LogP contribution < -0.4 is 54.8 Å². The standard InChI is InChI=1S/C33H41FN8O4.C18H16FN3O3.C15H27N5O2.C2H4O2/c1-19-8-9-22(16-41(19)26-17-40(38-20(26)2)18-33(3,4)43)30-37-31-25-12-23(34)13-28(46-7)29(25)36-32(42(31)39-30)35-15-21-10-11-24(44-5)14-27(21)45-6;1-20-15-7-13(19)8-17(25-4)18(15)22-11-21-10-12-5-6-14(23-2)9-16(12)24-3;1-10-5-6-12(14(21)17-16)7-20(10)13-8-19(18-11(13)2)9-15(3,4)22;1-2(3)4/h10-14,17,19,22,43H,8-9,15-16,18H2,1-7H3,(H,35,36);5-9H,10H2,2-4H3;8,10,12,22H,5-7,9,16H2,1-4H3,(H,17,21);1H3,(H,3,4). The number of aliphatic hydroxyl groups is 2. The summed E-state index contributed by atoms with van der Waals surface area (Å²) >= 11 is 0. The molecule has 0 aliphatic carbocycles. The molecule has 7 N–H and O–H groups in total. The molecule has 6 heterocycles. The lowest BCUT2D eigenvalue weighted by molar-refractivity contribution is -0.134. The zero-order valence-electron chi connectivity index (χ0n) is 57.6. The smallest absolute Gasteiger partial charge is 0.300 e. The van der Waals surface area contributed by atoms with Crippen LogP contribution in [0.3, 0.4) is 0 Å². The second-order valence-corrected chi connectivity index (χ2v) is 24.8. The number of nitrogens with two attached hydrogens (primary N) is 1. The van der Waals surface area contributed by atoms with Crippen LogP contribution in [0.2, 0.25) is 0 Å². The highest BCUT2D eigenvalue weighted by atomic mass is 19.1. The number of aromatic nitrogens is 8. The Balaban J connectivity index is 0.000000219.